The van der Waals surface area contributed by atoms with Crippen molar-refractivity contribution in [3.8, 4) is 0 Å². The van der Waals surface area contributed by atoms with Crippen molar-refractivity contribution in [1.82, 2.24) is 10.4 Å². The van der Waals surface area contributed by atoms with Crippen molar-refractivity contribution in [3.63, 3.8) is 0 Å². The summed E-state index contributed by atoms with van der Waals surface area (Å²) in [6.07, 6.45) is 0. The standard InChI is InChI=1S/C6H12N2O3/c1-4(6(10)7-11)8(3)5(2)9/h4,11H,1-3H3,(H,7,10). The van der Waals surface area contributed by atoms with Gasteiger partial charge >= 0.3 is 0 Å². The van der Waals surface area contributed by atoms with E-state index in [1.54, 1.807) is 0 Å². The van der Waals surface area contributed by atoms with Crippen LogP contribution in [0, 0.1) is 0 Å². The van der Waals surface area contributed by atoms with E-state index in [0.717, 1.165) is 0 Å². The van der Waals surface area contributed by atoms with Gasteiger partial charge in [0.05, 0.1) is 0 Å². The molecule has 2 amide bonds. The Kier molecular flexibility index (Phi) is 3.53. The zero-order chi connectivity index (χ0) is 9.02. The van der Waals surface area contributed by atoms with Crippen LogP contribution in [0.25, 0.3) is 0 Å². The van der Waals surface area contributed by atoms with E-state index in [-0.39, 0.29) is 5.91 Å². The van der Waals surface area contributed by atoms with Gasteiger partial charge in [-0.25, -0.2) is 5.48 Å². The summed E-state index contributed by atoms with van der Waals surface area (Å²) in [6.45, 7) is 2.87. The second kappa shape index (κ2) is 3.92. The molecule has 0 aliphatic carbocycles. The first-order valence-electron chi connectivity index (χ1n) is 3.18. The summed E-state index contributed by atoms with van der Waals surface area (Å²) in [5.41, 5.74) is 1.47. The maximum atomic E-state index is 10.7. The first kappa shape index (κ1) is 9.90. The maximum absolute atomic E-state index is 10.7. The van der Waals surface area contributed by atoms with Crippen LogP contribution < -0.4 is 5.48 Å². The molecule has 11 heavy (non-hydrogen) atoms. The number of rotatable bonds is 2. The first-order chi connectivity index (χ1) is 5.00. The average molecular weight is 160 g/mol. The molecule has 0 rings (SSSR count). The molecular formula is C6H12N2O3. The number of likely N-dealkylation sites (N-methyl/N-ethyl adjacent to an activating group) is 1. The fourth-order valence-corrected chi connectivity index (χ4v) is 0.542. The number of hydrogen-bond donors (Lipinski definition) is 2. The van der Waals surface area contributed by atoms with Gasteiger partial charge in [0.2, 0.25) is 5.91 Å². The van der Waals surface area contributed by atoms with Crippen LogP contribution in [0.4, 0.5) is 0 Å². The SMILES string of the molecule is CC(=O)N(C)C(C)C(=O)NO. The number of nitrogens with zero attached hydrogens (tertiary/aromatic N) is 1. The zero-order valence-corrected chi connectivity index (χ0v) is 6.79. The Morgan fingerprint density at radius 1 is 1.55 bits per heavy atom. The van der Waals surface area contributed by atoms with Crippen molar-refractivity contribution in [1.29, 1.82) is 0 Å². The minimum atomic E-state index is -0.641. The summed E-state index contributed by atoms with van der Waals surface area (Å²) in [6, 6.07) is -0.641. The van der Waals surface area contributed by atoms with E-state index in [0.29, 0.717) is 0 Å². The Morgan fingerprint density at radius 2 is 2.00 bits per heavy atom. The van der Waals surface area contributed by atoms with E-state index in [1.165, 1.54) is 31.3 Å². The highest BCUT2D eigenvalue weighted by Crippen LogP contribution is 1.94. The monoisotopic (exact) mass is 160 g/mol. The first-order valence-corrected chi connectivity index (χ1v) is 3.18. The van der Waals surface area contributed by atoms with E-state index in [1.807, 2.05) is 0 Å². The fourth-order valence-electron chi connectivity index (χ4n) is 0.542. The Bertz CT molecular complexity index is 169. The van der Waals surface area contributed by atoms with Crippen molar-refractivity contribution < 1.29 is 14.8 Å². The van der Waals surface area contributed by atoms with Gasteiger partial charge in [-0.05, 0) is 6.92 Å². The number of nitrogens with one attached hydrogen (secondary N) is 1. The highest BCUT2D eigenvalue weighted by atomic mass is 16.5. The van der Waals surface area contributed by atoms with Gasteiger partial charge in [-0.1, -0.05) is 0 Å². The highest BCUT2D eigenvalue weighted by molar-refractivity contribution is 5.85. The lowest BCUT2D eigenvalue weighted by Gasteiger charge is -2.20. The van der Waals surface area contributed by atoms with Crippen LogP contribution >= 0.6 is 0 Å². The molecule has 0 fully saturated rings. The van der Waals surface area contributed by atoms with E-state index in [9.17, 15) is 9.59 Å². The molecular weight excluding hydrogens is 148 g/mol. The predicted molar refractivity (Wildman–Crippen MR) is 37.8 cm³/mol. The molecule has 0 bridgehead atoms. The molecule has 5 heteroatoms. The molecule has 0 aromatic heterocycles. The minimum Gasteiger partial charge on any atom is -0.334 e. The fraction of sp³-hybridized carbons (Fsp3) is 0.667. The summed E-state index contributed by atoms with van der Waals surface area (Å²) >= 11 is 0. The molecule has 0 saturated heterocycles. The molecule has 1 unspecified atom stereocenters. The van der Waals surface area contributed by atoms with E-state index < -0.39 is 11.9 Å². The lowest BCUT2D eigenvalue weighted by Crippen LogP contribution is -2.44. The number of carbonyl (C=O) groups is 2. The van der Waals surface area contributed by atoms with Crippen LogP contribution in [0.15, 0.2) is 0 Å². The summed E-state index contributed by atoms with van der Waals surface area (Å²) in [5, 5.41) is 8.20. The summed E-state index contributed by atoms with van der Waals surface area (Å²) in [7, 11) is 1.49. The van der Waals surface area contributed by atoms with Gasteiger partial charge < -0.3 is 4.90 Å². The second-order valence-corrected chi connectivity index (χ2v) is 2.28. The molecule has 0 aromatic carbocycles. The third-order valence-electron chi connectivity index (χ3n) is 1.57. The molecule has 2 N–H and O–H groups in total. The van der Waals surface area contributed by atoms with Crippen molar-refractivity contribution in [2.24, 2.45) is 0 Å². The van der Waals surface area contributed by atoms with Gasteiger partial charge in [0.25, 0.3) is 5.91 Å². The van der Waals surface area contributed by atoms with Gasteiger partial charge in [0, 0.05) is 14.0 Å². The topological polar surface area (TPSA) is 69.6 Å². The third kappa shape index (κ3) is 2.55. The molecule has 0 radical (unpaired) electrons. The Hall–Kier alpha value is -1.10. The molecule has 0 heterocycles. The van der Waals surface area contributed by atoms with Crippen LogP contribution in [0.1, 0.15) is 13.8 Å². The van der Waals surface area contributed by atoms with Gasteiger partial charge in [0.15, 0.2) is 0 Å². The van der Waals surface area contributed by atoms with Crippen LogP contribution in [0.2, 0.25) is 0 Å². The van der Waals surface area contributed by atoms with Gasteiger partial charge in [-0.3, -0.25) is 14.8 Å². The van der Waals surface area contributed by atoms with Crippen LogP contribution in [-0.4, -0.2) is 35.0 Å². The zero-order valence-electron chi connectivity index (χ0n) is 6.79. The second-order valence-electron chi connectivity index (χ2n) is 2.28. The number of amides is 2. The minimum absolute atomic E-state index is 0.221. The highest BCUT2D eigenvalue weighted by Gasteiger charge is 2.18. The van der Waals surface area contributed by atoms with Crippen molar-refractivity contribution in [2.75, 3.05) is 7.05 Å². The smallest absolute Gasteiger partial charge is 0.265 e. The molecule has 5 nitrogen and oxygen atoms in total. The van der Waals surface area contributed by atoms with Crippen LogP contribution in [-0.2, 0) is 9.59 Å². The van der Waals surface area contributed by atoms with Gasteiger partial charge in [0.1, 0.15) is 6.04 Å². The maximum Gasteiger partial charge on any atom is 0.265 e. The number of hydrogen-bond acceptors (Lipinski definition) is 3. The molecule has 0 aliphatic rings. The van der Waals surface area contributed by atoms with Gasteiger partial charge in [-0.2, -0.15) is 0 Å². The van der Waals surface area contributed by atoms with E-state index >= 15 is 0 Å². The van der Waals surface area contributed by atoms with Crippen molar-refractivity contribution in [3.05, 3.63) is 0 Å². The van der Waals surface area contributed by atoms with Crippen molar-refractivity contribution in [2.45, 2.75) is 19.9 Å². The molecule has 1 atom stereocenters. The number of carbonyl (C=O) groups excluding carboxylic acids is 2. The molecule has 0 aromatic rings. The average Bonchev–Trinajstić information content (AvgIpc) is 2.00. The Labute approximate surface area is 64.9 Å². The van der Waals surface area contributed by atoms with Crippen LogP contribution in [0.5, 0.6) is 0 Å². The molecule has 0 spiro atoms. The lowest BCUT2D eigenvalue weighted by molar-refractivity contribution is -0.141. The Morgan fingerprint density at radius 3 is 2.27 bits per heavy atom. The summed E-state index contributed by atoms with van der Waals surface area (Å²) in [4.78, 5) is 22.6. The normalized spacial score (nSPS) is 12.0. The third-order valence-corrected chi connectivity index (χ3v) is 1.57. The van der Waals surface area contributed by atoms with Crippen molar-refractivity contribution >= 4 is 11.8 Å². The molecule has 0 saturated carbocycles. The predicted octanol–water partition coefficient (Wildman–Crippen LogP) is -0.641. The van der Waals surface area contributed by atoms with Crippen LogP contribution in [0.3, 0.4) is 0 Å². The van der Waals surface area contributed by atoms with E-state index in [4.69, 9.17) is 5.21 Å². The van der Waals surface area contributed by atoms with E-state index in [2.05, 4.69) is 0 Å². The lowest BCUT2D eigenvalue weighted by atomic mass is 10.3. The molecule has 64 valence electrons. The summed E-state index contributed by atoms with van der Waals surface area (Å²) in [5.74, 6) is -0.816. The van der Waals surface area contributed by atoms with Gasteiger partial charge in [-0.15, -0.1) is 0 Å². The Balaban J connectivity index is 4.12. The number of hydroxylamine groups is 1. The quantitative estimate of drug-likeness (QED) is 0.417. The largest absolute Gasteiger partial charge is 0.334 e. The summed E-state index contributed by atoms with van der Waals surface area (Å²) < 4.78 is 0. The molecule has 0 aliphatic heterocycles.